The molecular weight excluding hydrogens is 190 g/mol. The lowest BCUT2D eigenvalue weighted by Gasteiger charge is -2.30. The van der Waals surface area contributed by atoms with Gasteiger partial charge in [0.15, 0.2) is 0 Å². The average Bonchev–Trinajstić information content (AvgIpc) is 3.00. The first-order valence-corrected chi connectivity index (χ1v) is 5.67. The van der Waals surface area contributed by atoms with Gasteiger partial charge in [0.05, 0.1) is 6.10 Å². The molecule has 3 nitrogen and oxygen atoms in total. The zero-order valence-corrected chi connectivity index (χ0v) is 9.29. The smallest absolute Gasteiger partial charge is 0.243 e. The van der Waals surface area contributed by atoms with E-state index >= 15 is 0 Å². The Morgan fingerprint density at radius 2 is 2.40 bits per heavy atom. The van der Waals surface area contributed by atoms with Crippen LogP contribution in [-0.4, -0.2) is 25.2 Å². The van der Waals surface area contributed by atoms with Crippen LogP contribution in [0.1, 0.15) is 26.2 Å². The summed E-state index contributed by atoms with van der Waals surface area (Å²) < 4.78 is 5.78. The van der Waals surface area contributed by atoms with Gasteiger partial charge in [0, 0.05) is 18.6 Å². The van der Waals surface area contributed by atoms with Crippen LogP contribution in [0, 0.1) is 11.3 Å². The van der Waals surface area contributed by atoms with Crippen LogP contribution < -0.4 is 5.32 Å². The number of carbonyl (C=O) groups excluding carboxylic acids is 1. The molecule has 1 amide bonds. The number of hydrogen-bond donors (Lipinski definition) is 1. The van der Waals surface area contributed by atoms with Gasteiger partial charge < -0.3 is 10.1 Å². The molecule has 2 atom stereocenters. The molecule has 3 heteroatoms. The van der Waals surface area contributed by atoms with Crippen molar-refractivity contribution in [2.45, 2.75) is 32.3 Å². The highest BCUT2D eigenvalue weighted by Crippen LogP contribution is 2.47. The Morgan fingerprint density at radius 1 is 1.67 bits per heavy atom. The average molecular weight is 209 g/mol. The molecular formula is C12H19NO2. The van der Waals surface area contributed by atoms with E-state index in [2.05, 4.69) is 18.8 Å². The van der Waals surface area contributed by atoms with Gasteiger partial charge in [-0.1, -0.05) is 13.5 Å². The summed E-state index contributed by atoms with van der Waals surface area (Å²) in [6, 6.07) is 0. The number of carbonyl (C=O) groups is 1. The molecule has 1 aliphatic heterocycles. The Hall–Kier alpha value is -0.830. The van der Waals surface area contributed by atoms with E-state index in [1.165, 1.54) is 18.9 Å². The van der Waals surface area contributed by atoms with Crippen molar-refractivity contribution in [3.05, 3.63) is 12.7 Å². The van der Waals surface area contributed by atoms with Crippen molar-refractivity contribution in [1.29, 1.82) is 0 Å². The molecule has 15 heavy (non-hydrogen) atoms. The maximum Gasteiger partial charge on any atom is 0.243 e. The summed E-state index contributed by atoms with van der Waals surface area (Å²) in [5.74, 6) is 0.649. The Morgan fingerprint density at radius 3 is 3.00 bits per heavy atom. The number of ether oxygens (including phenoxy) is 1. The Kier molecular flexibility index (Phi) is 2.83. The van der Waals surface area contributed by atoms with Crippen LogP contribution in [0.3, 0.4) is 0 Å². The van der Waals surface area contributed by atoms with Gasteiger partial charge in [0.1, 0.15) is 0 Å². The lowest BCUT2D eigenvalue weighted by molar-refractivity contribution is -0.117. The highest BCUT2D eigenvalue weighted by atomic mass is 16.5. The van der Waals surface area contributed by atoms with Gasteiger partial charge in [-0.05, 0) is 31.3 Å². The summed E-state index contributed by atoms with van der Waals surface area (Å²) in [5, 5.41) is 2.89. The van der Waals surface area contributed by atoms with Crippen LogP contribution in [0.5, 0.6) is 0 Å². The van der Waals surface area contributed by atoms with Crippen molar-refractivity contribution < 1.29 is 9.53 Å². The molecule has 1 heterocycles. The third kappa shape index (κ3) is 2.23. The van der Waals surface area contributed by atoms with E-state index in [9.17, 15) is 4.79 Å². The van der Waals surface area contributed by atoms with Crippen molar-refractivity contribution in [2.75, 3.05) is 13.2 Å². The molecule has 1 saturated carbocycles. The van der Waals surface area contributed by atoms with E-state index in [-0.39, 0.29) is 11.3 Å². The highest BCUT2D eigenvalue weighted by molar-refractivity contribution is 5.86. The van der Waals surface area contributed by atoms with Gasteiger partial charge in [-0.15, -0.1) is 0 Å². The number of hydrogen-bond acceptors (Lipinski definition) is 2. The standard InChI is InChI=1S/C12H19NO2/c1-3-10(14)13-8-12(2)6-7-15-11(12)9-4-5-9/h3,9,11H,1,4-8H2,2H3,(H,13,14). The quantitative estimate of drug-likeness (QED) is 0.712. The van der Waals surface area contributed by atoms with E-state index in [4.69, 9.17) is 4.74 Å². The molecule has 2 unspecified atom stereocenters. The topological polar surface area (TPSA) is 38.3 Å². The van der Waals surface area contributed by atoms with Crippen LogP contribution in [0.2, 0.25) is 0 Å². The zero-order valence-electron chi connectivity index (χ0n) is 9.29. The van der Waals surface area contributed by atoms with E-state index in [0.717, 1.165) is 18.9 Å². The fraction of sp³-hybridized carbons (Fsp3) is 0.750. The first-order valence-electron chi connectivity index (χ1n) is 5.67. The van der Waals surface area contributed by atoms with Gasteiger partial charge >= 0.3 is 0 Å². The second-order valence-corrected chi connectivity index (χ2v) is 4.95. The van der Waals surface area contributed by atoms with Crippen LogP contribution >= 0.6 is 0 Å². The van der Waals surface area contributed by atoms with Gasteiger partial charge in [-0.3, -0.25) is 4.79 Å². The van der Waals surface area contributed by atoms with Crippen molar-refractivity contribution in [1.82, 2.24) is 5.32 Å². The van der Waals surface area contributed by atoms with Crippen molar-refractivity contribution in [2.24, 2.45) is 11.3 Å². The fourth-order valence-corrected chi connectivity index (χ4v) is 2.42. The second-order valence-electron chi connectivity index (χ2n) is 4.95. The lowest BCUT2D eigenvalue weighted by atomic mass is 9.81. The van der Waals surface area contributed by atoms with E-state index in [0.29, 0.717) is 12.6 Å². The van der Waals surface area contributed by atoms with E-state index in [1.807, 2.05) is 0 Å². The minimum absolute atomic E-state index is 0.0855. The summed E-state index contributed by atoms with van der Waals surface area (Å²) >= 11 is 0. The molecule has 1 saturated heterocycles. The fourth-order valence-electron chi connectivity index (χ4n) is 2.42. The maximum absolute atomic E-state index is 11.1. The summed E-state index contributed by atoms with van der Waals surface area (Å²) in [4.78, 5) is 11.1. The van der Waals surface area contributed by atoms with Gasteiger partial charge in [0.25, 0.3) is 0 Å². The summed E-state index contributed by atoms with van der Waals surface area (Å²) in [5.41, 5.74) is 0.125. The van der Waals surface area contributed by atoms with Crippen molar-refractivity contribution in [3.63, 3.8) is 0 Å². The highest BCUT2D eigenvalue weighted by Gasteiger charge is 2.47. The van der Waals surface area contributed by atoms with Crippen molar-refractivity contribution in [3.8, 4) is 0 Å². The summed E-state index contributed by atoms with van der Waals surface area (Å²) in [6.45, 7) is 7.21. The number of amides is 1. The van der Waals surface area contributed by atoms with Crippen LogP contribution in [-0.2, 0) is 9.53 Å². The Balaban J connectivity index is 1.92. The third-order valence-electron chi connectivity index (χ3n) is 3.56. The Labute approximate surface area is 90.9 Å². The second kappa shape index (κ2) is 3.97. The molecule has 0 aromatic rings. The SMILES string of the molecule is C=CC(=O)NCC1(C)CCOC1C1CC1. The maximum atomic E-state index is 11.1. The molecule has 0 aromatic heterocycles. The van der Waals surface area contributed by atoms with Crippen LogP contribution in [0.25, 0.3) is 0 Å². The normalized spacial score (nSPS) is 35.1. The summed E-state index contributed by atoms with van der Waals surface area (Å²) in [6.07, 6.45) is 5.30. The monoisotopic (exact) mass is 209 g/mol. The molecule has 2 rings (SSSR count). The van der Waals surface area contributed by atoms with Gasteiger partial charge in [0.2, 0.25) is 5.91 Å². The van der Waals surface area contributed by atoms with Crippen LogP contribution in [0.4, 0.5) is 0 Å². The predicted molar refractivity (Wildman–Crippen MR) is 58.4 cm³/mol. The molecule has 1 N–H and O–H groups in total. The molecule has 2 aliphatic rings. The zero-order chi connectivity index (χ0) is 10.9. The van der Waals surface area contributed by atoms with Crippen LogP contribution in [0.15, 0.2) is 12.7 Å². The molecule has 1 aliphatic carbocycles. The number of rotatable bonds is 4. The predicted octanol–water partition coefficient (Wildman–Crippen LogP) is 1.49. The van der Waals surface area contributed by atoms with E-state index < -0.39 is 0 Å². The Bertz CT molecular complexity index is 273. The molecule has 2 fully saturated rings. The minimum atomic E-state index is -0.0855. The lowest BCUT2D eigenvalue weighted by Crippen LogP contribution is -2.41. The molecule has 84 valence electrons. The summed E-state index contributed by atoms with van der Waals surface area (Å²) in [7, 11) is 0. The third-order valence-corrected chi connectivity index (χ3v) is 3.56. The molecule has 0 bridgehead atoms. The van der Waals surface area contributed by atoms with Gasteiger partial charge in [-0.2, -0.15) is 0 Å². The van der Waals surface area contributed by atoms with Gasteiger partial charge in [-0.25, -0.2) is 0 Å². The minimum Gasteiger partial charge on any atom is -0.377 e. The first-order chi connectivity index (χ1) is 7.15. The van der Waals surface area contributed by atoms with E-state index in [1.54, 1.807) is 0 Å². The molecule has 0 radical (unpaired) electrons. The number of nitrogens with one attached hydrogen (secondary N) is 1. The molecule has 0 aromatic carbocycles. The largest absolute Gasteiger partial charge is 0.377 e. The van der Waals surface area contributed by atoms with Crippen molar-refractivity contribution >= 4 is 5.91 Å². The first kappa shape index (κ1) is 10.7. The molecule has 0 spiro atoms.